The summed E-state index contributed by atoms with van der Waals surface area (Å²) < 4.78 is 2.06. The lowest BCUT2D eigenvalue weighted by atomic mass is 9.98. The molecule has 0 radical (unpaired) electrons. The third kappa shape index (κ3) is 3.13. The summed E-state index contributed by atoms with van der Waals surface area (Å²) in [5, 5.41) is 9.16. The van der Waals surface area contributed by atoms with E-state index in [-0.39, 0.29) is 12.4 Å². The van der Waals surface area contributed by atoms with E-state index in [4.69, 9.17) is 5.11 Å². The third-order valence-corrected chi connectivity index (χ3v) is 4.63. The Bertz CT molecular complexity index is 477. The molecule has 2 rings (SSSR count). The number of nitrogens with zero attached hydrogens (tertiary/aromatic N) is 2. The summed E-state index contributed by atoms with van der Waals surface area (Å²) >= 11 is 0. The highest BCUT2D eigenvalue weighted by atomic mass is 16.3. The van der Waals surface area contributed by atoms with Crippen LogP contribution in [0.5, 0.6) is 0 Å². The molecule has 0 saturated carbocycles. The topological polar surface area (TPSA) is 45.5 Å². The van der Waals surface area contributed by atoms with Crippen molar-refractivity contribution in [2.45, 2.75) is 45.6 Å². The van der Waals surface area contributed by atoms with Crippen molar-refractivity contribution in [3.8, 4) is 0 Å². The highest BCUT2D eigenvalue weighted by Crippen LogP contribution is 2.21. The summed E-state index contributed by atoms with van der Waals surface area (Å²) in [4.78, 5) is 14.8. The van der Waals surface area contributed by atoms with Crippen molar-refractivity contribution < 1.29 is 9.90 Å². The zero-order valence-corrected chi connectivity index (χ0v) is 12.9. The molecule has 0 spiro atoms. The second-order valence-corrected chi connectivity index (χ2v) is 5.90. The number of aromatic nitrogens is 1. The predicted molar refractivity (Wildman–Crippen MR) is 80.1 cm³/mol. The van der Waals surface area contributed by atoms with Crippen molar-refractivity contribution in [2.75, 3.05) is 19.7 Å². The summed E-state index contributed by atoms with van der Waals surface area (Å²) in [5.74, 6) is 0.205. The number of likely N-dealkylation sites (tertiary alicyclic amines) is 1. The zero-order valence-electron chi connectivity index (χ0n) is 12.9. The lowest BCUT2D eigenvalue weighted by Crippen LogP contribution is -2.43. The summed E-state index contributed by atoms with van der Waals surface area (Å²) in [7, 11) is 2.00. The van der Waals surface area contributed by atoms with E-state index >= 15 is 0 Å². The summed E-state index contributed by atoms with van der Waals surface area (Å²) in [6.07, 6.45) is 4.24. The number of Topliss-reactive ketones (excluding diaryl/α,β-unsaturated/α-hetero) is 1. The van der Waals surface area contributed by atoms with Gasteiger partial charge >= 0.3 is 0 Å². The standard InChI is InChI=1S/C16H26N2O2/c1-12-10-15(13(2)17(12)3)16(20)11-18-8-5-4-6-14(18)7-9-19/h10,14,19H,4-9,11H2,1-3H3. The van der Waals surface area contributed by atoms with Crippen LogP contribution in [0.2, 0.25) is 0 Å². The van der Waals surface area contributed by atoms with Gasteiger partial charge in [0.2, 0.25) is 0 Å². The van der Waals surface area contributed by atoms with Gasteiger partial charge in [0, 0.05) is 36.6 Å². The molecule has 0 aromatic carbocycles. The molecule has 1 aliphatic heterocycles. The van der Waals surface area contributed by atoms with Gasteiger partial charge in [-0.1, -0.05) is 6.42 Å². The first-order valence-electron chi connectivity index (χ1n) is 7.55. The molecular formula is C16H26N2O2. The molecule has 1 atom stereocenters. The number of aryl methyl sites for hydroxylation is 1. The fourth-order valence-corrected chi connectivity index (χ4v) is 3.15. The Morgan fingerprint density at radius 2 is 2.15 bits per heavy atom. The molecule has 1 aromatic heterocycles. The molecule has 1 N–H and O–H groups in total. The Kier molecular flexibility index (Phi) is 5.00. The van der Waals surface area contributed by atoms with Crippen LogP contribution in [0.4, 0.5) is 0 Å². The van der Waals surface area contributed by atoms with Crippen LogP contribution in [0, 0.1) is 13.8 Å². The summed E-state index contributed by atoms with van der Waals surface area (Å²) in [6.45, 7) is 5.69. The van der Waals surface area contributed by atoms with Gasteiger partial charge in [0.1, 0.15) is 0 Å². The molecule has 112 valence electrons. The molecule has 4 heteroatoms. The van der Waals surface area contributed by atoms with Crippen molar-refractivity contribution in [2.24, 2.45) is 7.05 Å². The third-order valence-electron chi connectivity index (χ3n) is 4.63. The SMILES string of the molecule is Cc1cc(C(=O)CN2CCCCC2CCO)c(C)n1C. The van der Waals surface area contributed by atoms with Crippen LogP contribution in [-0.4, -0.2) is 46.1 Å². The average Bonchev–Trinajstić information content (AvgIpc) is 2.69. The van der Waals surface area contributed by atoms with Crippen LogP contribution >= 0.6 is 0 Å². The van der Waals surface area contributed by atoms with Gasteiger partial charge in [0.15, 0.2) is 5.78 Å². The van der Waals surface area contributed by atoms with Crippen molar-refractivity contribution in [3.05, 3.63) is 23.0 Å². The first-order valence-corrected chi connectivity index (χ1v) is 7.55. The van der Waals surface area contributed by atoms with Gasteiger partial charge < -0.3 is 9.67 Å². The van der Waals surface area contributed by atoms with Crippen molar-refractivity contribution >= 4 is 5.78 Å². The Morgan fingerprint density at radius 3 is 2.75 bits per heavy atom. The normalized spacial score (nSPS) is 20.3. The number of aliphatic hydroxyl groups excluding tert-OH is 1. The number of ketones is 1. The average molecular weight is 278 g/mol. The minimum atomic E-state index is 0.205. The van der Waals surface area contributed by atoms with E-state index in [1.54, 1.807) is 0 Å². The Hall–Kier alpha value is -1.13. The van der Waals surface area contributed by atoms with Crippen molar-refractivity contribution in [3.63, 3.8) is 0 Å². The van der Waals surface area contributed by atoms with E-state index in [0.29, 0.717) is 12.6 Å². The fourth-order valence-electron chi connectivity index (χ4n) is 3.15. The first kappa shape index (κ1) is 15.3. The predicted octanol–water partition coefficient (Wildman–Crippen LogP) is 2.06. The van der Waals surface area contributed by atoms with E-state index < -0.39 is 0 Å². The van der Waals surface area contributed by atoms with Crippen molar-refractivity contribution in [1.29, 1.82) is 0 Å². The van der Waals surface area contributed by atoms with Gasteiger partial charge in [-0.05, 0) is 45.7 Å². The molecule has 1 aliphatic rings. The number of rotatable bonds is 5. The smallest absolute Gasteiger partial charge is 0.178 e. The second kappa shape index (κ2) is 6.55. The maximum absolute atomic E-state index is 12.5. The molecule has 20 heavy (non-hydrogen) atoms. The highest BCUT2D eigenvalue weighted by Gasteiger charge is 2.25. The maximum atomic E-state index is 12.5. The summed E-state index contributed by atoms with van der Waals surface area (Å²) in [6, 6.07) is 2.35. The molecule has 2 heterocycles. The first-order chi connectivity index (χ1) is 9.54. The van der Waals surface area contributed by atoms with Gasteiger partial charge in [-0.2, -0.15) is 0 Å². The largest absolute Gasteiger partial charge is 0.396 e. The number of hydrogen-bond donors (Lipinski definition) is 1. The van der Waals surface area contributed by atoms with Crippen LogP contribution in [-0.2, 0) is 7.05 Å². The number of carbonyl (C=O) groups excluding carboxylic acids is 1. The molecule has 4 nitrogen and oxygen atoms in total. The number of aliphatic hydroxyl groups is 1. The number of carbonyl (C=O) groups is 1. The van der Waals surface area contributed by atoms with Gasteiger partial charge in [-0.15, -0.1) is 0 Å². The Morgan fingerprint density at radius 1 is 1.40 bits per heavy atom. The van der Waals surface area contributed by atoms with Crippen LogP contribution in [0.25, 0.3) is 0 Å². The van der Waals surface area contributed by atoms with Gasteiger partial charge in [-0.25, -0.2) is 0 Å². The molecule has 1 unspecified atom stereocenters. The quantitative estimate of drug-likeness (QED) is 0.839. The van der Waals surface area contributed by atoms with E-state index in [1.807, 2.05) is 27.0 Å². The van der Waals surface area contributed by atoms with Crippen LogP contribution in [0.3, 0.4) is 0 Å². The fraction of sp³-hybridized carbons (Fsp3) is 0.688. The molecule has 1 saturated heterocycles. The van der Waals surface area contributed by atoms with Crippen LogP contribution in [0.1, 0.15) is 47.4 Å². The second-order valence-electron chi connectivity index (χ2n) is 5.90. The lowest BCUT2D eigenvalue weighted by Gasteiger charge is -2.34. The molecule has 0 bridgehead atoms. The lowest BCUT2D eigenvalue weighted by molar-refractivity contribution is 0.0798. The minimum Gasteiger partial charge on any atom is -0.396 e. The molecule has 1 fully saturated rings. The monoisotopic (exact) mass is 278 g/mol. The van der Waals surface area contributed by atoms with Gasteiger partial charge in [0.05, 0.1) is 6.54 Å². The van der Waals surface area contributed by atoms with Gasteiger partial charge in [0.25, 0.3) is 0 Å². The summed E-state index contributed by atoms with van der Waals surface area (Å²) in [5.41, 5.74) is 3.01. The van der Waals surface area contributed by atoms with E-state index in [0.717, 1.165) is 42.8 Å². The van der Waals surface area contributed by atoms with Gasteiger partial charge in [-0.3, -0.25) is 9.69 Å². The van der Waals surface area contributed by atoms with Crippen LogP contribution < -0.4 is 0 Å². The Labute approximate surface area is 121 Å². The zero-order chi connectivity index (χ0) is 14.7. The minimum absolute atomic E-state index is 0.205. The van der Waals surface area contributed by atoms with E-state index in [1.165, 1.54) is 6.42 Å². The molecule has 0 aliphatic carbocycles. The van der Waals surface area contributed by atoms with Crippen LogP contribution in [0.15, 0.2) is 6.07 Å². The van der Waals surface area contributed by atoms with Crippen molar-refractivity contribution in [1.82, 2.24) is 9.47 Å². The maximum Gasteiger partial charge on any atom is 0.178 e. The number of hydrogen-bond acceptors (Lipinski definition) is 3. The molecular weight excluding hydrogens is 252 g/mol. The highest BCUT2D eigenvalue weighted by molar-refractivity contribution is 5.99. The van der Waals surface area contributed by atoms with E-state index in [9.17, 15) is 4.79 Å². The molecule has 1 aromatic rings. The Balaban J connectivity index is 2.07. The molecule has 0 amide bonds. The number of piperidine rings is 1. The van der Waals surface area contributed by atoms with E-state index in [2.05, 4.69) is 9.47 Å².